The van der Waals surface area contributed by atoms with E-state index in [1.165, 1.54) is 13.3 Å². The van der Waals surface area contributed by atoms with Gasteiger partial charge in [0.1, 0.15) is 0 Å². The highest BCUT2D eigenvalue weighted by Crippen LogP contribution is 2.12. The number of methoxy groups -OCH3 is 1. The molecule has 5 heteroatoms. The maximum atomic E-state index is 11.2. The number of carbonyl (C=O) groups excluding carboxylic acids is 1. The van der Waals surface area contributed by atoms with E-state index in [9.17, 15) is 4.79 Å². The van der Waals surface area contributed by atoms with Gasteiger partial charge >= 0.3 is 5.97 Å². The second-order valence-electron chi connectivity index (χ2n) is 4.15. The van der Waals surface area contributed by atoms with Gasteiger partial charge in [0.05, 0.1) is 31.1 Å². The molecule has 0 aromatic carbocycles. The minimum absolute atomic E-state index is 0.251. The first-order valence-corrected chi connectivity index (χ1v) is 6.02. The number of nitrogens with zero attached hydrogens (tertiary/aromatic N) is 1. The van der Waals surface area contributed by atoms with E-state index in [0.29, 0.717) is 12.2 Å². The number of ether oxygens (including phenoxy) is 3. The van der Waals surface area contributed by atoms with Crippen molar-refractivity contribution >= 4 is 5.97 Å². The molecule has 18 heavy (non-hydrogen) atoms. The van der Waals surface area contributed by atoms with E-state index < -0.39 is 0 Å². The Hall–Kier alpha value is -1.46. The number of esters is 1. The molecule has 0 unspecified atom stereocenters. The van der Waals surface area contributed by atoms with Gasteiger partial charge in [-0.25, -0.2) is 4.79 Å². The SMILES string of the molecule is COC(=O)c1ccc(COC2CCOCC2)nc1. The van der Waals surface area contributed by atoms with Crippen LogP contribution in [0.2, 0.25) is 0 Å². The van der Waals surface area contributed by atoms with Crippen LogP contribution in [0, 0.1) is 0 Å². The summed E-state index contributed by atoms with van der Waals surface area (Å²) in [4.78, 5) is 15.4. The van der Waals surface area contributed by atoms with Crippen molar-refractivity contribution in [1.29, 1.82) is 0 Å². The Kier molecular flexibility index (Phi) is 4.66. The van der Waals surface area contributed by atoms with Crippen LogP contribution in [0.25, 0.3) is 0 Å². The van der Waals surface area contributed by atoms with Gasteiger partial charge in [-0.05, 0) is 25.0 Å². The maximum Gasteiger partial charge on any atom is 0.339 e. The molecule has 1 saturated heterocycles. The molecule has 5 nitrogen and oxygen atoms in total. The van der Waals surface area contributed by atoms with Crippen LogP contribution in [-0.4, -0.2) is 37.4 Å². The minimum atomic E-state index is -0.376. The summed E-state index contributed by atoms with van der Waals surface area (Å²) in [6.45, 7) is 1.99. The van der Waals surface area contributed by atoms with Gasteiger partial charge in [0.2, 0.25) is 0 Å². The zero-order valence-corrected chi connectivity index (χ0v) is 10.4. The van der Waals surface area contributed by atoms with Gasteiger partial charge in [0, 0.05) is 19.4 Å². The second-order valence-corrected chi connectivity index (χ2v) is 4.15. The predicted molar refractivity (Wildman–Crippen MR) is 64.2 cm³/mol. The molecule has 0 aliphatic carbocycles. The Morgan fingerprint density at radius 3 is 2.83 bits per heavy atom. The molecule has 0 saturated carbocycles. The van der Waals surface area contributed by atoms with Crippen LogP contribution in [0.3, 0.4) is 0 Å². The minimum Gasteiger partial charge on any atom is -0.465 e. The van der Waals surface area contributed by atoms with E-state index in [1.807, 2.05) is 0 Å². The van der Waals surface area contributed by atoms with Crippen LogP contribution in [0.15, 0.2) is 18.3 Å². The third kappa shape index (κ3) is 3.51. The molecule has 98 valence electrons. The van der Waals surface area contributed by atoms with Crippen molar-refractivity contribution in [2.75, 3.05) is 20.3 Å². The predicted octanol–water partition coefficient (Wildman–Crippen LogP) is 1.56. The smallest absolute Gasteiger partial charge is 0.339 e. The summed E-state index contributed by atoms with van der Waals surface area (Å²) in [6.07, 6.45) is 3.62. The fraction of sp³-hybridized carbons (Fsp3) is 0.538. The lowest BCUT2D eigenvalue weighted by Gasteiger charge is -2.22. The van der Waals surface area contributed by atoms with Gasteiger partial charge in [-0.1, -0.05) is 0 Å². The Labute approximate surface area is 106 Å². The van der Waals surface area contributed by atoms with Crippen molar-refractivity contribution in [2.45, 2.75) is 25.6 Å². The lowest BCUT2D eigenvalue weighted by atomic mass is 10.1. The van der Waals surface area contributed by atoms with Crippen molar-refractivity contribution < 1.29 is 19.0 Å². The number of hydrogen-bond donors (Lipinski definition) is 0. The van der Waals surface area contributed by atoms with E-state index in [0.717, 1.165) is 31.7 Å². The van der Waals surface area contributed by atoms with Crippen molar-refractivity contribution in [2.24, 2.45) is 0 Å². The van der Waals surface area contributed by atoms with Gasteiger partial charge in [-0.15, -0.1) is 0 Å². The first kappa shape index (κ1) is 13.0. The summed E-state index contributed by atoms with van der Waals surface area (Å²) in [7, 11) is 1.35. The molecular formula is C13H17NO4. The normalized spacial score (nSPS) is 16.5. The average molecular weight is 251 g/mol. The molecule has 1 aromatic heterocycles. The molecule has 2 heterocycles. The topological polar surface area (TPSA) is 57.7 Å². The zero-order chi connectivity index (χ0) is 12.8. The fourth-order valence-corrected chi connectivity index (χ4v) is 1.79. The van der Waals surface area contributed by atoms with Crippen LogP contribution < -0.4 is 0 Å². The monoisotopic (exact) mass is 251 g/mol. The standard InChI is InChI=1S/C13H17NO4/c1-16-13(15)10-2-3-11(14-8-10)9-18-12-4-6-17-7-5-12/h2-3,8,12H,4-7,9H2,1H3. The first-order valence-electron chi connectivity index (χ1n) is 6.02. The molecule has 2 rings (SSSR count). The average Bonchev–Trinajstić information content (AvgIpc) is 2.46. The van der Waals surface area contributed by atoms with Crippen molar-refractivity contribution in [3.63, 3.8) is 0 Å². The Bertz CT molecular complexity index is 384. The summed E-state index contributed by atoms with van der Waals surface area (Å²) < 4.78 is 15.6. The second kappa shape index (κ2) is 6.47. The fourth-order valence-electron chi connectivity index (χ4n) is 1.79. The van der Waals surface area contributed by atoms with E-state index in [2.05, 4.69) is 9.72 Å². The highest BCUT2D eigenvalue weighted by Gasteiger charge is 2.14. The van der Waals surface area contributed by atoms with Crippen LogP contribution in [-0.2, 0) is 20.8 Å². The molecule has 0 spiro atoms. The van der Waals surface area contributed by atoms with Crippen molar-refractivity contribution in [1.82, 2.24) is 4.98 Å². The van der Waals surface area contributed by atoms with Crippen LogP contribution in [0.4, 0.5) is 0 Å². The lowest BCUT2D eigenvalue weighted by Crippen LogP contribution is -2.23. The molecule has 0 radical (unpaired) electrons. The third-order valence-electron chi connectivity index (χ3n) is 2.88. The van der Waals surface area contributed by atoms with E-state index in [-0.39, 0.29) is 12.1 Å². The Morgan fingerprint density at radius 2 is 2.22 bits per heavy atom. The molecular weight excluding hydrogens is 234 g/mol. The zero-order valence-electron chi connectivity index (χ0n) is 10.4. The summed E-state index contributed by atoms with van der Waals surface area (Å²) in [5.41, 5.74) is 1.27. The number of rotatable bonds is 4. The molecule has 0 N–H and O–H groups in total. The summed E-state index contributed by atoms with van der Waals surface area (Å²) >= 11 is 0. The molecule has 0 amide bonds. The van der Waals surface area contributed by atoms with Gasteiger partial charge in [0.15, 0.2) is 0 Å². The number of hydrogen-bond acceptors (Lipinski definition) is 5. The molecule has 1 aliphatic heterocycles. The van der Waals surface area contributed by atoms with Crippen molar-refractivity contribution in [3.05, 3.63) is 29.6 Å². The van der Waals surface area contributed by atoms with Gasteiger partial charge in [-0.3, -0.25) is 4.98 Å². The Morgan fingerprint density at radius 1 is 1.44 bits per heavy atom. The van der Waals surface area contributed by atoms with Gasteiger partial charge < -0.3 is 14.2 Å². The molecule has 0 atom stereocenters. The summed E-state index contributed by atoms with van der Waals surface area (Å²) in [6, 6.07) is 3.48. The largest absolute Gasteiger partial charge is 0.465 e. The number of pyridine rings is 1. The highest BCUT2D eigenvalue weighted by atomic mass is 16.5. The Balaban J connectivity index is 1.84. The van der Waals surface area contributed by atoms with Crippen LogP contribution in [0.1, 0.15) is 28.9 Å². The van der Waals surface area contributed by atoms with E-state index >= 15 is 0 Å². The van der Waals surface area contributed by atoms with Gasteiger partial charge in [-0.2, -0.15) is 0 Å². The number of aromatic nitrogens is 1. The van der Waals surface area contributed by atoms with Crippen molar-refractivity contribution in [3.8, 4) is 0 Å². The maximum absolute atomic E-state index is 11.2. The highest BCUT2D eigenvalue weighted by molar-refractivity contribution is 5.88. The first-order chi connectivity index (χ1) is 8.79. The van der Waals surface area contributed by atoms with Crippen LogP contribution >= 0.6 is 0 Å². The molecule has 1 aliphatic rings. The van der Waals surface area contributed by atoms with E-state index in [4.69, 9.17) is 9.47 Å². The number of carbonyl (C=O) groups is 1. The lowest BCUT2D eigenvalue weighted by molar-refractivity contribution is -0.0399. The summed E-state index contributed by atoms with van der Waals surface area (Å²) in [5.74, 6) is -0.376. The van der Waals surface area contributed by atoms with Crippen LogP contribution in [0.5, 0.6) is 0 Å². The third-order valence-corrected chi connectivity index (χ3v) is 2.88. The van der Waals surface area contributed by atoms with Gasteiger partial charge in [0.25, 0.3) is 0 Å². The van der Waals surface area contributed by atoms with E-state index in [1.54, 1.807) is 12.1 Å². The molecule has 1 aromatic rings. The molecule has 1 fully saturated rings. The summed E-state index contributed by atoms with van der Waals surface area (Å²) in [5, 5.41) is 0. The molecule has 0 bridgehead atoms. The quantitative estimate of drug-likeness (QED) is 0.760.